The first kappa shape index (κ1) is 14.1. The van der Waals surface area contributed by atoms with Crippen LogP contribution in [0.3, 0.4) is 0 Å². The third kappa shape index (κ3) is 3.62. The van der Waals surface area contributed by atoms with E-state index in [4.69, 9.17) is 9.15 Å². The van der Waals surface area contributed by atoms with Gasteiger partial charge in [-0.25, -0.2) is 0 Å². The highest BCUT2D eigenvalue weighted by Crippen LogP contribution is 2.21. The number of ether oxygens (including phenoxy) is 1. The van der Waals surface area contributed by atoms with Crippen LogP contribution in [0, 0.1) is 0 Å². The van der Waals surface area contributed by atoms with Crippen molar-refractivity contribution in [3.63, 3.8) is 0 Å². The highest BCUT2D eigenvalue weighted by Gasteiger charge is 2.26. The number of morpholine rings is 1. The van der Waals surface area contributed by atoms with Crippen LogP contribution in [0.25, 0.3) is 0 Å². The molecule has 1 aromatic heterocycles. The molecule has 0 aromatic carbocycles. The molecule has 2 unspecified atom stereocenters. The summed E-state index contributed by atoms with van der Waals surface area (Å²) in [4.78, 5) is 2.49. The van der Waals surface area contributed by atoms with Gasteiger partial charge in [-0.2, -0.15) is 0 Å². The van der Waals surface area contributed by atoms with E-state index in [1.807, 2.05) is 0 Å². The maximum absolute atomic E-state index is 5.95. The van der Waals surface area contributed by atoms with Gasteiger partial charge in [-0.3, -0.25) is 4.90 Å². The second kappa shape index (κ2) is 6.29. The Labute approximate surface area is 121 Å². The minimum absolute atomic E-state index is 0.323. The molecular formula is C16H26N2O2. The van der Waals surface area contributed by atoms with Crippen molar-refractivity contribution < 1.29 is 9.15 Å². The summed E-state index contributed by atoms with van der Waals surface area (Å²) in [5.41, 5.74) is 0. The van der Waals surface area contributed by atoms with E-state index in [-0.39, 0.29) is 0 Å². The zero-order valence-corrected chi connectivity index (χ0v) is 12.6. The van der Waals surface area contributed by atoms with Gasteiger partial charge in [0.2, 0.25) is 0 Å². The maximum atomic E-state index is 5.95. The molecule has 112 valence electrons. The van der Waals surface area contributed by atoms with Crippen LogP contribution in [0.4, 0.5) is 0 Å². The molecule has 2 aliphatic rings. The highest BCUT2D eigenvalue weighted by molar-refractivity contribution is 5.08. The summed E-state index contributed by atoms with van der Waals surface area (Å²) in [5.74, 6) is 2.13. The zero-order valence-electron chi connectivity index (χ0n) is 12.6. The first-order chi connectivity index (χ1) is 9.74. The number of rotatable bonds is 6. The third-order valence-electron chi connectivity index (χ3n) is 4.27. The van der Waals surface area contributed by atoms with E-state index < -0.39 is 0 Å². The molecule has 2 fully saturated rings. The molecule has 2 heterocycles. The monoisotopic (exact) mass is 278 g/mol. The van der Waals surface area contributed by atoms with E-state index in [1.54, 1.807) is 0 Å². The quantitative estimate of drug-likeness (QED) is 0.867. The lowest BCUT2D eigenvalue weighted by atomic mass is 10.1. The minimum atomic E-state index is 0.323. The van der Waals surface area contributed by atoms with Gasteiger partial charge in [0.25, 0.3) is 0 Å². The summed E-state index contributed by atoms with van der Waals surface area (Å²) in [6.45, 7) is 7.97. The standard InChI is InChI=1S/C16H26N2O2/c1-3-14-11-19-12(2)9-18(14)10-16-7-6-15(20-16)8-17-13-4-5-13/h6-7,12-14,17H,3-5,8-11H2,1-2H3. The van der Waals surface area contributed by atoms with Crippen LogP contribution >= 0.6 is 0 Å². The fourth-order valence-electron chi connectivity index (χ4n) is 2.82. The van der Waals surface area contributed by atoms with Crippen LogP contribution in [0.5, 0.6) is 0 Å². The molecule has 1 saturated heterocycles. The molecule has 0 spiro atoms. The van der Waals surface area contributed by atoms with Crippen molar-refractivity contribution in [1.82, 2.24) is 10.2 Å². The Bertz CT molecular complexity index is 428. The first-order valence-corrected chi connectivity index (χ1v) is 7.91. The fourth-order valence-corrected chi connectivity index (χ4v) is 2.82. The smallest absolute Gasteiger partial charge is 0.118 e. The van der Waals surface area contributed by atoms with Gasteiger partial charge in [0, 0.05) is 18.6 Å². The number of nitrogens with one attached hydrogen (secondary N) is 1. The van der Waals surface area contributed by atoms with Gasteiger partial charge < -0.3 is 14.5 Å². The number of hydrogen-bond acceptors (Lipinski definition) is 4. The van der Waals surface area contributed by atoms with Crippen LogP contribution in [0.1, 0.15) is 44.6 Å². The van der Waals surface area contributed by atoms with Crippen LogP contribution in [-0.2, 0) is 17.8 Å². The molecule has 1 aromatic rings. The van der Waals surface area contributed by atoms with Gasteiger partial charge in [-0.1, -0.05) is 6.92 Å². The van der Waals surface area contributed by atoms with Crippen LogP contribution in [-0.4, -0.2) is 36.2 Å². The van der Waals surface area contributed by atoms with Crippen LogP contribution < -0.4 is 5.32 Å². The summed E-state index contributed by atoms with van der Waals surface area (Å²) in [6, 6.07) is 5.48. The molecule has 20 heavy (non-hydrogen) atoms. The average Bonchev–Trinajstić information content (AvgIpc) is 3.17. The normalized spacial score (nSPS) is 27.9. The summed E-state index contributed by atoms with van der Waals surface area (Å²) in [7, 11) is 0. The summed E-state index contributed by atoms with van der Waals surface area (Å²) in [6.07, 6.45) is 4.09. The molecule has 3 rings (SSSR count). The second-order valence-electron chi connectivity index (χ2n) is 6.16. The third-order valence-corrected chi connectivity index (χ3v) is 4.27. The number of hydrogen-bond donors (Lipinski definition) is 1. The SMILES string of the molecule is CCC1COC(C)CN1Cc1ccc(CNC2CC2)o1. The van der Waals surface area contributed by atoms with Gasteiger partial charge in [0.05, 0.1) is 25.8 Å². The van der Waals surface area contributed by atoms with Crippen molar-refractivity contribution >= 4 is 0 Å². The van der Waals surface area contributed by atoms with E-state index >= 15 is 0 Å². The molecule has 1 aliphatic carbocycles. The Hall–Kier alpha value is -0.840. The Morgan fingerprint density at radius 2 is 2.10 bits per heavy atom. The lowest BCUT2D eigenvalue weighted by Gasteiger charge is -2.37. The van der Waals surface area contributed by atoms with Gasteiger partial charge >= 0.3 is 0 Å². The maximum Gasteiger partial charge on any atom is 0.118 e. The highest BCUT2D eigenvalue weighted by atomic mass is 16.5. The molecule has 4 nitrogen and oxygen atoms in total. The molecule has 0 bridgehead atoms. The Balaban J connectivity index is 1.55. The molecular weight excluding hydrogens is 252 g/mol. The Morgan fingerprint density at radius 3 is 2.85 bits per heavy atom. The van der Waals surface area contributed by atoms with Crippen molar-refractivity contribution in [3.8, 4) is 0 Å². The first-order valence-electron chi connectivity index (χ1n) is 7.91. The molecule has 1 saturated carbocycles. The van der Waals surface area contributed by atoms with Crippen molar-refractivity contribution in [2.75, 3.05) is 13.2 Å². The van der Waals surface area contributed by atoms with Crippen LogP contribution in [0.2, 0.25) is 0 Å². The second-order valence-corrected chi connectivity index (χ2v) is 6.16. The van der Waals surface area contributed by atoms with E-state index in [0.717, 1.165) is 50.2 Å². The molecule has 0 radical (unpaired) electrons. The predicted octanol–water partition coefficient (Wildman–Crippen LogP) is 2.53. The lowest BCUT2D eigenvalue weighted by molar-refractivity contribution is -0.0611. The van der Waals surface area contributed by atoms with Gasteiger partial charge in [0.15, 0.2) is 0 Å². The minimum Gasteiger partial charge on any atom is -0.463 e. The average molecular weight is 278 g/mol. The van der Waals surface area contributed by atoms with E-state index in [9.17, 15) is 0 Å². The molecule has 1 N–H and O–H groups in total. The summed E-state index contributed by atoms with van der Waals surface area (Å²) in [5, 5.41) is 3.49. The lowest BCUT2D eigenvalue weighted by Crippen LogP contribution is -2.47. The molecule has 0 amide bonds. The Kier molecular flexibility index (Phi) is 4.44. The van der Waals surface area contributed by atoms with Crippen molar-refractivity contribution in [3.05, 3.63) is 23.7 Å². The largest absolute Gasteiger partial charge is 0.463 e. The summed E-state index contributed by atoms with van der Waals surface area (Å²) < 4.78 is 11.7. The van der Waals surface area contributed by atoms with E-state index in [0.29, 0.717) is 12.1 Å². The van der Waals surface area contributed by atoms with Gasteiger partial charge in [-0.15, -0.1) is 0 Å². The van der Waals surface area contributed by atoms with Gasteiger partial charge in [-0.05, 0) is 38.3 Å². The summed E-state index contributed by atoms with van der Waals surface area (Å²) >= 11 is 0. The van der Waals surface area contributed by atoms with E-state index in [1.165, 1.54) is 12.8 Å². The molecule has 4 heteroatoms. The van der Waals surface area contributed by atoms with Gasteiger partial charge in [0.1, 0.15) is 11.5 Å². The number of furan rings is 1. The van der Waals surface area contributed by atoms with Crippen LogP contribution in [0.15, 0.2) is 16.5 Å². The molecule has 2 atom stereocenters. The van der Waals surface area contributed by atoms with Crippen molar-refractivity contribution in [1.29, 1.82) is 0 Å². The predicted molar refractivity (Wildman–Crippen MR) is 78.5 cm³/mol. The number of nitrogens with zero attached hydrogens (tertiary/aromatic N) is 1. The molecule has 1 aliphatic heterocycles. The van der Waals surface area contributed by atoms with Crippen molar-refractivity contribution in [2.24, 2.45) is 0 Å². The topological polar surface area (TPSA) is 37.6 Å². The van der Waals surface area contributed by atoms with Crippen molar-refractivity contribution in [2.45, 2.75) is 64.4 Å². The fraction of sp³-hybridized carbons (Fsp3) is 0.750. The Morgan fingerprint density at radius 1 is 1.30 bits per heavy atom. The zero-order chi connectivity index (χ0) is 13.9. The van der Waals surface area contributed by atoms with E-state index in [2.05, 4.69) is 36.2 Å².